The number of nitrogens with zero attached hydrogens (tertiary/aromatic N) is 1. The lowest BCUT2D eigenvalue weighted by Gasteiger charge is -2.19. The molecule has 0 radical (unpaired) electrons. The molecule has 0 saturated heterocycles. The predicted molar refractivity (Wildman–Crippen MR) is 70.2 cm³/mol. The zero-order chi connectivity index (χ0) is 10.8. The van der Waals surface area contributed by atoms with Gasteiger partial charge in [0, 0.05) is 18.3 Å². The van der Waals surface area contributed by atoms with E-state index < -0.39 is 0 Å². The predicted octanol–water partition coefficient (Wildman–Crippen LogP) is 2.41. The lowest BCUT2D eigenvalue weighted by Crippen LogP contribution is -2.35. The Kier molecular flexibility index (Phi) is 4.56. The Bertz CT molecular complexity index is 354. The van der Waals surface area contributed by atoms with Crippen molar-refractivity contribution in [1.29, 1.82) is 0 Å². The average molecular weight is 242 g/mol. The third kappa shape index (κ3) is 2.86. The highest BCUT2D eigenvalue weighted by Crippen LogP contribution is 2.22. The van der Waals surface area contributed by atoms with Gasteiger partial charge in [-0.05, 0) is 44.2 Å². The average Bonchev–Trinajstić information content (AvgIpc) is 2.57. The molecule has 0 amide bonds. The first-order valence-electron chi connectivity index (χ1n) is 5.62. The summed E-state index contributed by atoms with van der Waals surface area (Å²) >= 11 is 0. The molecule has 3 N–H and O–H groups in total. The minimum atomic E-state index is 0. The quantitative estimate of drug-likeness (QED) is 0.836. The van der Waals surface area contributed by atoms with Crippen molar-refractivity contribution in [3.05, 3.63) is 23.4 Å². The Balaban J connectivity index is 0.00000128. The van der Waals surface area contributed by atoms with Crippen molar-refractivity contribution in [3.63, 3.8) is 0 Å². The maximum Gasteiger partial charge on any atom is 0.129 e. The van der Waals surface area contributed by atoms with E-state index in [1.807, 2.05) is 6.20 Å². The number of halogens is 1. The molecule has 1 heterocycles. The number of anilines is 1. The third-order valence-electron chi connectivity index (χ3n) is 3.11. The molecule has 4 heteroatoms. The molecule has 90 valence electrons. The molecule has 1 aliphatic carbocycles. The van der Waals surface area contributed by atoms with Crippen molar-refractivity contribution in [2.24, 2.45) is 5.73 Å². The second kappa shape index (κ2) is 5.51. The summed E-state index contributed by atoms with van der Waals surface area (Å²) in [5, 5.41) is 3.45. The van der Waals surface area contributed by atoms with Crippen molar-refractivity contribution < 1.29 is 0 Å². The van der Waals surface area contributed by atoms with Crippen molar-refractivity contribution in [3.8, 4) is 0 Å². The highest BCUT2D eigenvalue weighted by atomic mass is 35.5. The van der Waals surface area contributed by atoms with Crippen LogP contribution in [0.4, 0.5) is 5.82 Å². The second-order valence-electron chi connectivity index (χ2n) is 4.52. The van der Waals surface area contributed by atoms with Gasteiger partial charge in [0.25, 0.3) is 0 Å². The summed E-state index contributed by atoms with van der Waals surface area (Å²) in [5.41, 5.74) is 8.42. The van der Waals surface area contributed by atoms with Gasteiger partial charge in [0.05, 0.1) is 0 Å². The zero-order valence-electron chi connectivity index (χ0n) is 9.86. The monoisotopic (exact) mass is 241 g/mol. The smallest absolute Gasteiger partial charge is 0.129 e. The molecule has 1 aliphatic rings. The van der Waals surface area contributed by atoms with Gasteiger partial charge >= 0.3 is 0 Å². The summed E-state index contributed by atoms with van der Waals surface area (Å²) in [4.78, 5) is 4.41. The fraction of sp³-hybridized carbons (Fsp3) is 0.583. The molecule has 3 nitrogen and oxygen atoms in total. The van der Waals surface area contributed by atoms with Crippen LogP contribution in [0.1, 0.15) is 30.4 Å². The molecule has 0 unspecified atom stereocenters. The summed E-state index contributed by atoms with van der Waals surface area (Å²) in [5.74, 6) is 0.989. The molecule has 2 rings (SSSR count). The Morgan fingerprint density at radius 3 is 2.69 bits per heavy atom. The Morgan fingerprint density at radius 2 is 2.12 bits per heavy atom. The van der Waals surface area contributed by atoms with E-state index in [9.17, 15) is 0 Å². The van der Waals surface area contributed by atoms with Gasteiger partial charge < -0.3 is 11.1 Å². The fourth-order valence-electron chi connectivity index (χ4n) is 2.21. The maximum atomic E-state index is 6.02. The molecular weight excluding hydrogens is 222 g/mol. The highest BCUT2D eigenvalue weighted by molar-refractivity contribution is 5.85. The summed E-state index contributed by atoms with van der Waals surface area (Å²) in [7, 11) is 0. The fourth-order valence-corrected chi connectivity index (χ4v) is 2.21. The van der Waals surface area contributed by atoms with Crippen molar-refractivity contribution in [2.75, 3.05) is 5.32 Å². The van der Waals surface area contributed by atoms with Crippen molar-refractivity contribution >= 4 is 18.2 Å². The van der Waals surface area contributed by atoms with E-state index in [1.54, 1.807) is 0 Å². The van der Waals surface area contributed by atoms with E-state index in [2.05, 4.69) is 30.2 Å². The number of hydrogen-bond acceptors (Lipinski definition) is 3. The molecule has 0 aromatic carbocycles. The van der Waals surface area contributed by atoms with Crippen LogP contribution in [-0.4, -0.2) is 17.1 Å². The van der Waals surface area contributed by atoms with E-state index in [-0.39, 0.29) is 18.4 Å². The Hall–Kier alpha value is -0.800. The molecule has 0 spiro atoms. The largest absolute Gasteiger partial charge is 0.366 e. The van der Waals surface area contributed by atoms with E-state index in [1.165, 1.54) is 17.5 Å². The molecule has 1 saturated carbocycles. The molecule has 16 heavy (non-hydrogen) atoms. The van der Waals surface area contributed by atoms with Crippen LogP contribution < -0.4 is 11.1 Å². The molecule has 1 fully saturated rings. The number of pyridine rings is 1. The van der Waals surface area contributed by atoms with Gasteiger partial charge in [-0.2, -0.15) is 0 Å². The molecule has 1 aromatic heterocycles. The van der Waals surface area contributed by atoms with Crippen molar-refractivity contribution in [2.45, 2.75) is 45.2 Å². The van der Waals surface area contributed by atoms with Crippen LogP contribution in [0.15, 0.2) is 12.3 Å². The van der Waals surface area contributed by atoms with Gasteiger partial charge in [0.1, 0.15) is 5.82 Å². The summed E-state index contributed by atoms with van der Waals surface area (Å²) < 4.78 is 0. The summed E-state index contributed by atoms with van der Waals surface area (Å²) in [6, 6.07) is 2.84. The summed E-state index contributed by atoms with van der Waals surface area (Å²) in [6.45, 7) is 4.15. The first-order chi connectivity index (χ1) is 7.16. The van der Waals surface area contributed by atoms with Crippen LogP contribution in [-0.2, 0) is 0 Å². The summed E-state index contributed by atoms with van der Waals surface area (Å²) in [6.07, 6.45) is 5.41. The Labute approximate surface area is 103 Å². The van der Waals surface area contributed by atoms with Gasteiger partial charge in [0.15, 0.2) is 0 Å². The van der Waals surface area contributed by atoms with E-state index in [4.69, 9.17) is 5.73 Å². The molecule has 2 atom stereocenters. The standard InChI is InChI=1S/C12H19N3.ClH/c1-8-6-9(2)12(14-7-8)15-11-5-3-4-10(11)13;/h6-7,10-11H,3-5,13H2,1-2H3,(H,14,15);1H/t10-,11-;/m0./s1. The van der Waals surface area contributed by atoms with E-state index >= 15 is 0 Å². The minimum absolute atomic E-state index is 0. The lowest BCUT2D eigenvalue weighted by molar-refractivity contribution is 0.635. The van der Waals surface area contributed by atoms with Crippen LogP contribution in [0.5, 0.6) is 0 Å². The zero-order valence-corrected chi connectivity index (χ0v) is 10.7. The second-order valence-corrected chi connectivity index (χ2v) is 4.52. The first-order valence-corrected chi connectivity index (χ1v) is 5.62. The van der Waals surface area contributed by atoms with E-state index in [0.717, 1.165) is 18.7 Å². The third-order valence-corrected chi connectivity index (χ3v) is 3.11. The van der Waals surface area contributed by atoms with Gasteiger partial charge in [-0.3, -0.25) is 0 Å². The number of nitrogens with two attached hydrogens (primary N) is 1. The topological polar surface area (TPSA) is 50.9 Å². The van der Waals surface area contributed by atoms with Crippen LogP contribution in [0.2, 0.25) is 0 Å². The normalized spacial score (nSPS) is 23.9. The van der Waals surface area contributed by atoms with Crippen LogP contribution in [0.3, 0.4) is 0 Å². The lowest BCUT2D eigenvalue weighted by atomic mass is 10.1. The SMILES string of the molecule is Cc1cnc(N[C@H]2CCC[C@@H]2N)c(C)c1.Cl. The highest BCUT2D eigenvalue weighted by Gasteiger charge is 2.24. The number of nitrogens with one attached hydrogen (secondary N) is 1. The Morgan fingerprint density at radius 1 is 1.38 bits per heavy atom. The van der Waals surface area contributed by atoms with Crippen molar-refractivity contribution in [1.82, 2.24) is 4.98 Å². The van der Waals surface area contributed by atoms with E-state index in [0.29, 0.717) is 6.04 Å². The van der Waals surface area contributed by atoms with Gasteiger partial charge in [-0.1, -0.05) is 6.07 Å². The van der Waals surface area contributed by atoms with Gasteiger partial charge in [0.2, 0.25) is 0 Å². The molecule has 1 aromatic rings. The number of rotatable bonds is 2. The van der Waals surface area contributed by atoms with Gasteiger partial charge in [-0.25, -0.2) is 4.98 Å². The number of hydrogen-bond donors (Lipinski definition) is 2. The first kappa shape index (κ1) is 13.3. The molecule has 0 aliphatic heterocycles. The number of aryl methyl sites for hydroxylation is 2. The minimum Gasteiger partial charge on any atom is -0.366 e. The molecule has 0 bridgehead atoms. The molecular formula is C12H20ClN3. The van der Waals surface area contributed by atoms with Gasteiger partial charge in [-0.15, -0.1) is 12.4 Å². The number of aromatic nitrogens is 1. The van der Waals surface area contributed by atoms with Crippen LogP contribution >= 0.6 is 12.4 Å². The van der Waals surface area contributed by atoms with Crippen LogP contribution in [0.25, 0.3) is 0 Å². The maximum absolute atomic E-state index is 6.02. The van der Waals surface area contributed by atoms with Crippen LogP contribution in [0, 0.1) is 13.8 Å².